The number of carbonyl (C=O) groups is 2. The topological polar surface area (TPSA) is 86.1 Å². The average Bonchev–Trinajstić information content (AvgIpc) is 3.27. The molecule has 0 aliphatic rings. The Balaban J connectivity index is 1.59. The van der Waals surface area contributed by atoms with Crippen molar-refractivity contribution in [3.05, 3.63) is 77.9 Å². The maximum absolute atomic E-state index is 12.6. The molecule has 3 rings (SSSR count). The number of nitrogens with one attached hydrogen (secondary N) is 1. The number of nitrogens with zero attached hydrogens (tertiary/aromatic N) is 3. The summed E-state index contributed by atoms with van der Waals surface area (Å²) in [4.78, 5) is 28.9. The standard InChI is InChI=1S/C23H26N4O3/c1-4-16(2)20-7-5-6-8-21(20)26-22(28)17(3)30-23(29)19-11-9-18(10-12-19)13-27-15-24-14-25-27/h5-12,14-17H,4,13H2,1-3H3,(H,26,28). The summed E-state index contributed by atoms with van der Waals surface area (Å²) in [5.74, 6) is -0.586. The van der Waals surface area contributed by atoms with Crippen molar-refractivity contribution >= 4 is 17.6 Å². The molecular weight excluding hydrogens is 380 g/mol. The van der Waals surface area contributed by atoms with E-state index in [9.17, 15) is 9.59 Å². The molecule has 0 saturated heterocycles. The highest BCUT2D eigenvalue weighted by molar-refractivity contribution is 5.97. The smallest absolute Gasteiger partial charge is 0.338 e. The SMILES string of the molecule is CCC(C)c1ccccc1NC(=O)C(C)OC(=O)c1ccc(Cn2cncn2)cc1. The van der Waals surface area contributed by atoms with Crippen molar-refractivity contribution in [2.24, 2.45) is 0 Å². The molecule has 3 aromatic rings. The fraction of sp³-hybridized carbons (Fsp3) is 0.304. The molecule has 1 heterocycles. The average molecular weight is 406 g/mol. The van der Waals surface area contributed by atoms with Crippen LogP contribution in [0.25, 0.3) is 0 Å². The number of hydrogen-bond donors (Lipinski definition) is 1. The minimum Gasteiger partial charge on any atom is -0.449 e. The van der Waals surface area contributed by atoms with Crippen molar-refractivity contribution in [1.82, 2.24) is 14.8 Å². The van der Waals surface area contributed by atoms with Crippen molar-refractivity contribution < 1.29 is 14.3 Å². The zero-order valence-electron chi connectivity index (χ0n) is 17.4. The van der Waals surface area contributed by atoms with Crippen molar-refractivity contribution in [3.63, 3.8) is 0 Å². The van der Waals surface area contributed by atoms with E-state index < -0.39 is 12.1 Å². The van der Waals surface area contributed by atoms with Crippen LogP contribution in [0.3, 0.4) is 0 Å². The summed E-state index contributed by atoms with van der Waals surface area (Å²) in [7, 11) is 0. The van der Waals surface area contributed by atoms with E-state index in [0.717, 1.165) is 23.2 Å². The molecule has 2 atom stereocenters. The maximum Gasteiger partial charge on any atom is 0.338 e. The largest absolute Gasteiger partial charge is 0.449 e. The Kier molecular flexibility index (Phi) is 6.95. The highest BCUT2D eigenvalue weighted by Crippen LogP contribution is 2.26. The second-order valence-electron chi connectivity index (χ2n) is 7.22. The van der Waals surface area contributed by atoms with Gasteiger partial charge in [-0.2, -0.15) is 5.10 Å². The van der Waals surface area contributed by atoms with Crippen LogP contribution in [0.15, 0.2) is 61.2 Å². The van der Waals surface area contributed by atoms with Crippen LogP contribution >= 0.6 is 0 Å². The Morgan fingerprint density at radius 2 is 1.83 bits per heavy atom. The molecule has 2 unspecified atom stereocenters. The predicted octanol–water partition coefficient (Wildman–Crippen LogP) is 4.02. The third-order valence-electron chi connectivity index (χ3n) is 5.02. The van der Waals surface area contributed by atoms with E-state index in [0.29, 0.717) is 18.0 Å². The molecule has 1 N–H and O–H groups in total. The lowest BCUT2D eigenvalue weighted by atomic mass is 9.97. The molecule has 0 fully saturated rings. The van der Waals surface area contributed by atoms with Crippen LogP contribution in [0.5, 0.6) is 0 Å². The summed E-state index contributed by atoms with van der Waals surface area (Å²) in [6, 6.07) is 14.7. The maximum atomic E-state index is 12.6. The Morgan fingerprint density at radius 1 is 1.10 bits per heavy atom. The van der Waals surface area contributed by atoms with Gasteiger partial charge in [0.1, 0.15) is 12.7 Å². The van der Waals surface area contributed by atoms with Crippen LogP contribution in [-0.2, 0) is 16.1 Å². The third kappa shape index (κ3) is 5.31. The molecule has 0 aliphatic heterocycles. The number of benzene rings is 2. The summed E-state index contributed by atoms with van der Waals surface area (Å²) in [6.07, 6.45) is 3.14. The van der Waals surface area contributed by atoms with E-state index >= 15 is 0 Å². The van der Waals surface area contributed by atoms with Gasteiger partial charge in [0, 0.05) is 5.69 Å². The number of rotatable bonds is 8. The minimum atomic E-state index is -0.919. The third-order valence-corrected chi connectivity index (χ3v) is 5.02. The molecule has 1 amide bonds. The van der Waals surface area contributed by atoms with E-state index in [4.69, 9.17) is 4.74 Å². The first-order valence-electron chi connectivity index (χ1n) is 10.00. The van der Waals surface area contributed by atoms with Crippen LogP contribution in [0.2, 0.25) is 0 Å². The van der Waals surface area contributed by atoms with Crippen LogP contribution in [0.4, 0.5) is 5.69 Å². The predicted molar refractivity (Wildman–Crippen MR) is 114 cm³/mol. The molecule has 0 bridgehead atoms. The number of carbonyl (C=O) groups excluding carboxylic acids is 2. The Hall–Kier alpha value is -3.48. The summed E-state index contributed by atoms with van der Waals surface area (Å²) >= 11 is 0. The summed E-state index contributed by atoms with van der Waals surface area (Å²) in [5, 5.41) is 6.94. The monoisotopic (exact) mass is 406 g/mol. The molecule has 1 aromatic heterocycles. The molecule has 0 radical (unpaired) electrons. The highest BCUT2D eigenvalue weighted by atomic mass is 16.5. The lowest BCUT2D eigenvalue weighted by Gasteiger charge is -2.18. The molecule has 7 nitrogen and oxygen atoms in total. The first-order chi connectivity index (χ1) is 14.5. The molecule has 7 heteroatoms. The van der Waals surface area contributed by atoms with Gasteiger partial charge in [-0.05, 0) is 48.6 Å². The molecule has 2 aromatic carbocycles. The zero-order valence-corrected chi connectivity index (χ0v) is 17.4. The van der Waals surface area contributed by atoms with E-state index in [2.05, 4.69) is 29.2 Å². The van der Waals surface area contributed by atoms with E-state index in [1.54, 1.807) is 30.1 Å². The van der Waals surface area contributed by atoms with E-state index in [1.165, 1.54) is 6.33 Å². The number of aromatic nitrogens is 3. The second kappa shape index (κ2) is 9.82. The van der Waals surface area contributed by atoms with Gasteiger partial charge in [-0.3, -0.25) is 4.79 Å². The summed E-state index contributed by atoms with van der Waals surface area (Å²) < 4.78 is 7.06. The van der Waals surface area contributed by atoms with Gasteiger partial charge in [0.15, 0.2) is 6.10 Å². The van der Waals surface area contributed by atoms with Crippen molar-refractivity contribution in [3.8, 4) is 0 Å². The van der Waals surface area contributed by atoms with Crippen LogP contribution in [0, 0.1) is 0 Å². The van der Waals surface area contributed by atoms with Gasteiger partial charge in [-0.1, -0.05) is 44.2 Å². The Labute approximate surface area is 176 Å². The van der Waals surface area contributed by atoms with Gasteiger partial charge < -0.3 is 10.1 Å². The van der Waals surface area contributed by atoms with Gasteiger partial charge in [0.2, 0.25) is 0 Å². The van der Waals surface area contributed by atoms with Crippen molar-refractivity contribution in [2.45, 2.75) is 45.8 Å². The lowest BCUT2D eigenvalue weighted by Crippen LogP contribution is -2.30. The first kappa shape index (κ1) is 21.2. The van der Waals surface area contributed by atoms with Gasteiger partial charge >= 0.3 is 5.97 Å². The minimum absolute atomic E-state index is 0.315. The number of ether oxygens (including phenoxy) is 1. The Bertz CT molecular complexity index is 984. The van der Waals surface area contributed by atoms with Gasteiger partial charge in [0.05, 0.1) is 12.1 Å². The fourth-order valence-electron chi connectivity index (χ4n) is 3.02. The second-order valence-corrected chi connectivity index (χ2v) is 7.22. The number of amides is 1. The molecule has 156 valence electrons. The molecule has 0 spiro atoms. The number of hydrogen-bond acceptors (Lipinski definition) is 5. The number of anilines is 1. The summed E-state index contributed by atoms with van der Waals surface area (Å²) in [5.41, 5.74) is 3.17. The quantitative estimate of drug-likeness (QED) is 0.571. The zero-order chi connectivity index (χ0) is 21.5. The van der Waals surface area contributed by atoms with Crippen molar-refractivity contribution in [2.75, 3.05) is 5.32 Å². The van der Waals surface area contributed by atoms with E-state index in [-0.39, 0.29) is 5.91 Å². The van der Waals surface area contributed by atoms with Gasteiger partial charge in [0.25, 0.3) is 5.91 Å². The van der Waals surface area contributed by atoms with Crippen LogP contribution in [-0.4, -0.2) is 32.7 Å². The highest BCUT2D eigenvalue weighted by Gasteiger charge is 2.20. The van der Waals surface area contributed by atoms with Gasteiger partial charge in [-0.25, -0.2) is 14.5 Å². The number of esters is 1. The van der Waals surface area contributed by atoms with Crippen molar-refractivity contribution in [1.29, 1.82) is 0 Å². The fourth-order valence-corrected chi connectivity index (χ4v) is 3.02. The normalized spacial score (nSPS) is 12.8. The summed E-state index contributed by atoms with van der Waals surface area (Å²) in [6.45, 7) is 6.34. The van der Waals surface area contributed by atoms with Crippen LogP contribution < -0.4 is 5.32 Å². The molecule has 0 aliphatic carbocycles. The Morgan fingerprint density at radius 3 is 2.50 bits per heavy atom. The lowest BCUT2D eigenvalue weighted by molar-refractivity contribution is -0.123. The van der Waals surface area contributed by atoms with E-state index in [1.807, 2.05) is 36.4 Å². The first-order valence-corrected chi connectivity index (χ1v) is 10.00. The molecule has 30 heavy (non-hydrogen) atoms. The molecule has 0 saturated carbocycles. The van der Waals surface area contributed by atoms with Gasteiger partial charge in [-0.15, -0.1) is 0 Å². The van der Waals surface area contributed by atoms with Crippen LogP contribution in [0.1, 0.15) is 54.6 Å². The number of para-hydroxylation sites is 1. The molecular formula is C23H26N4O3.